The van der Waals surface area contributed by atoms with Crippen molar-refractivity contribution in [1.29, 1.82) is 0 Å². The fourth-order valence-electron chi connectivity index (χ4n) is 1.57. The fourth-order valence-corrected chi connectivity index (χ4v) is 2.15. The van der Waals surface area contributed by atoms with Crippen molar-refractivity contribution < 1.29 is 13.6 Å². The van der Waals surface area contributed by atoms with Gasteiger partial charge in [0.15, 0.2) is 0 Å². The van der Waals surface area contributed by atoms with Gasteiger partial charge in [-0.05, 0) is 46.9 Å². The van der Waals surface area contributed by atoms with Crippen LogP contribution in [0.15, 0.2) is 42.5 Å². The molecule has 1 amide bonds. The average molecular weight is 388 g/mol. The van der Waals surface area contributed by atoms with E-state index < -0.39 is 17.5 Å². The van der Waals surface area contributed by atoms with Gasteiger partial charge in [-0.25, -0.2) is 8.78 Å². The number of benzene rings is 2. The highest BCUT2D eigenvalue weighted by Crippen LogP contribution is 2.17. The molecule has 0 aromatic heterocycles. The summed E-state index contributed by atoms with van der Waals surface area (Å²) in [5.41, 5.74) is 0.641. The number of para-hydroxylation sites is 1. The first kappa shape index (κ1) is 14.7. The number of rotatable bonds is 4. The Morgan fingerprint density at radius 3 is 2.60 bits per heavy atom. The Morgan fingerprint density at radius 1 is 1.10 bits per heavy atom. The highest BCUT2D eigenvalue weighted by molar-refractivity contribution is 14.1. The van der Waals surface area contributed by atoms with Gasteiger partial charge in [-0.15, -0.1) is 0 Å². The summed E-state index contributed by atoms with van der Waals surface area (Å²) in [4.78, 5) is 11.7. The minimum Gasteiger partial charge on any atom is -0.375 e. The number of nitrogens with one attached hydrogen (secondary N) is 2. The molecule has 0 aliphatic rings. The van der Waals surface area contributed by atoms with Crippen molar-refractivity contribution in [3.63, 3.8) is 0 Å². The van der Waals surface area contributed by atoms with Crippen LogP contribution in [0, 0.1) is 15.2 Å². The van der Waals surface area contributed by atoms with Crippen LogP contribution in [0.1, 0.15) is 0 Å². The SMILES string of the molecule is O=C(CNc1ccccc1I)Nc1cc(F)ccc1F. The number of carbonyl (C=O) groups excluding carboxylic acids is 1. The standard InChI is InChI=1S/C14H11F2IN2O/c15-9-5-6-10(16)13(7-9)19-14(20)8-18-12-4-2-1-3-11(12)17/h1-7,18H,8H2,(H,19,20). The summed E-state index contributed by atoms with van der Waals surface area (Å²) >= 11 is 2.14. The number of carbonyl (C=O) groups is 1. The highest BCUT2D eigenvalue weighted by atomic mass is 127. The summed E-state index contributed by atoms with van der Waals surface area (Å²) < 4.78 is 27.3. The van der Waals surface area contributed by atoms with Gasteiger partial charge in [-0.2, -0.15) is 0 Å². The molecule has 2 N–H and O–H groups in total. The third-order valence-electron chi connectivity index (χ3n) is 2.52. The molecule has 20 heavy (non-hydrogen) atoms. The molecule has 0 saturated heterocycles. The molecule has 0 spiro atoms. The van der Waals surface area contributed by atoms with Crippen LogP contribution in [-0.2, 0) is 4.79 Å². The third-order valence-corrected chi connectivity index (χ3v) is 3.46. The molecule has 0 aliphatic carbocycles. The second kappa shape index (κ2) is 6.65. The molecule has 0 fully saturated rings. The van der Waals surface area contributed by atoms with Gasteiger partial charge >= 0.3 is 0 Å². The maximum atomic E-state index is 13.4. The Morgan fingerprint density at radius 2 is 1.85 bits per heavy atom. The minimum atomic E-state index is -0.672. The summed E-state index contributed by atoms with van der Waals surface area (Å²) in [5.74, 6) is -1.73. The topological polar surface area (TPSA) is 41.1 Å². The van der Waals surface area contributed by atoms with E-state index in [2.05, 4.69) is 33.2 Å². The maximum absolute atomic E-state index is 13.4. The van der Waals surface area contributed by atoms with E-state index >= 15 is 0 Å². The number of halogens is 3. The van der Waals surface area contributed by atoms with E-state index in [4.69, 9.17) is 0 Å². The first-order valence-corrected chi connectivity index (χ1v) is 6.87. The Balaban J connectivity index is 1.96. The molecule has 2 aromatic rings. The zero-order chi connectivity index (χ0) is 14.5. The molecule has 0 heterocycles. The molecule has 2 rings (SSSR count). The predicted molar refractivity (Wildman–Crippen MR) is 82.6 cm³/mol. The van der Waals surface area contributed by atoms with Crippen LogP contribution in [0.5, 0.6) is 0 Å². The number of hydrogen-bond donors (Lipinski definition) is 2. The number of hydrogen-bond acceptors (Lipinski definition) is 2. The Kier molecular flexibility index (Phi) is 4.89. The van der Waals surface area contributed by atoms with Crippen LogP contribution in [0.4, 0.5) is 20.2 Å². The van der Waals surface area contributed by atoms with E-state index in [9.17, 15) is 13.6 Å². The molecular formula is C14H11F2IN2O. The van der Waals surface area contributed by atoms with Gasteiger partial charge in [0.25, 0.3) is 0 Å². The van der Waals surface area contributed by atoms with Gasteiger partial charge in [0.05, 0.1) is 12.2 Å². The maximum Gasteiger partial charge on any atom is 0.243 e. The molecule has 0 atom stereocenters. The number of anilines is 2. The summed E-state index contributed by atoms with van der Waals surface area (Å²) in [7, 11) is 0. The third kappa shape index (κ3) is 3.89. The first-order valence-electron chi connectivity index (χ1n) is 5.79. The highest BCUT2D eigenvalue weighted by Gasteiger charge is 2.08. The van der Waals surface area contributed by atoms with Crippen LogP contribution in [0.2, 0.25) is 0 Å². The summed E-state index contributed by atoms with van der Waals surface area (Å²) in [6.45, 7) is -0.0318. The smallest absolute Gasteiger partial charge is 0.243 e. The molecule has 0 saturated carbocycles. The van der Waals surface area contributed by atoms with E-state index in [1.165, 1.54) is 0 Å². The average Bonchev–Trinajstić information content (AvgIpc) is 2.42. The lowest BCUT2D eigenvalue weighted by Crippen LogP contribution is -2.22. The molecule has 2 aromatic carbocycles. The van der Waals surface area contributed by atoms with Crippen molar-refractivity contribution in [2.75, 3.05) is 17.2 Å². The Bertz CT molecular complexity index is 634. The summed E-state index contributed by atoms with van der Waals surface area (Å²) in [6, 6.07) is 10.4. The van der Waals surface area contributed by atoms with Gasteiger partial charge in [0.1, 0.15) is 11.6 Å². The zero-order valence-electron chi connectivity index (χ0n) is 10.3. The van der Waals surface area contributed by atoms with Crippen LogP contribution in [0.25, 0.3) is 0 Å². The molecule has 0 aliphatic heterocycles. The summed E-state index contributed by atoms with van der Waals surface area (Å²) in [6.07, 6.45) is 0. The van der Waals surface area contributed by atoms with Crippen molar-refractivity contribution in [2.45, 2.75) is 0 Å². The second-order valence-corrected chi connectivity index (χ2v) is 5.17. The van der Waals surface area contributed by atoms with Crippen molar-refractivity contribution >= 4 is 39.9 Å². The minimum absolute atomic E-state index is 0.0318. The largest absolute Gasteiger partial charge is 0.375 e. The summed E-state index contributed by atoms with van der Waals surface area (Å²) in [5, 5.41) is 5.25. The van der Waals surface area contributed by atoms with E-state index in [0.717, 1.165) is 27.5 Å². The quantitative estimate of drug-likeness (QED) is 0.786. The van der Waals surface area contributed by atoms with Gasteiger partial charge in [0, 0.05) is 15.3 Å². The van der Waals surface area contributed by atoms with Gasteiger partial charge < -0.3 is 10.6 Å². The Labute approximate surface area is 128 Å². The predicted octanol–water partition coefficient (Wildman–Crippen LogP) is 3.62. The van der Waals surface area contributed by atoms with Crippen LogP contribution in [-0.4, -0.2) is 12.5 Å². The van der Waals surface area contributed by atoms with Crippen LogP contribution >= 0.6 is 22.6 Å². The van der Waals surface area contributed by atoms with Crippen molar-refractivity contribution in [1.82, 2.24) is 0 Å². The molecule has 0 radical (unpaired) electrons. The molecule has 3 nitrogen and oxygen atoms in total. The van der Waals surface area contributed by atoms with Crippen molar-refractivity contribution in [3.05, 3.63) is 57.7 Å². The second-order valence-electron chi connectivity index (χ2n) is 4.01. The molecule has 6 heteroatoms. The normalized spacial score (nSPS) is 10.2. The van der Waals surface area contributed by atoms with Crippen LogP contribution < -0.4 is 10.6 Å². The lowest BCUT2D eigenvalue weighted by Gasteiger charge is -2.09. The van der Waals surface area contributed by atoms with Crippen LogP contribution in [0.3, 0.4) is 0 Å². The lowest BCUT2D eigenvalue weighted by atomic mass is 10.3. The first-order chi connectivity index (χ1) is 9.56. The monoisotopic (exact) mass is 388 g/mol. The fraction of sp³-hybridized carbons (Fsp3) is 0.0714. The van der Waals surface area contributed by atoms with E-state index in [1.807, 2.05) is 24.3 Å². The van der Waals surface area contributed by atoms with Gasteiger partial charge in [-0.3, -0.25) is 4.79 Å². The zero-order valence-corrected chi connectivity index (χ0v) is 12.4. The van der Waals surface area contributed by atoms with E-state index in [0.29, 0.717) is 0 Å². The van der Waals surface area contributed by atoms with Crippen molar-refractivity contribution in [2.24, 2.45) is 0 Å². The van der Waals surface area contributed by atoms with E-state index in [1.54, 1.807) is 0 Å². The molecule has 0 bridgehead atoms. The lowest BCUT2D eigenvalue weighted by molar-refractivity contribution is -0.114. The molecular weight excluding hydrogens is 377 g/mol. The van der Waals surface area contributed by atoms with Gasteiger partial charge in [0.2, 0.25) is 5.91 Å². The van der Waals surface area contributed by atoms with E-state index in [-0.39, 0.29) is 12.2 Å². The van der Waals surface area contributed by atoms with Crippen molar-refractivity contribution in [3.8, 4) is 0 Å². The molecule has 0 unspecified atom stereocenters. The Hall–Kier alpha value is -1.70. The number of amides is 1. The van der Waals surface area contributed by atoms with Gasteiger partial charge in [-0.1, -0.05) is 12.1 Å². The molecule has 104 valence electrons.